The Bertz CT molecular complexity index is 1490. The number of nitriles is 1. The Morgan fingerprint density at radius 3 is 2.25 bits per heavy atom. The maximum absolute atomic E-state index is 10.3. The quantitative estimate of drug-likeness (QED) is 0.132. The van der Waals surface area contributed by atoms with E-state index in [2.05, 4.69) is 103 Å². The third-order valence-corrected chi connectivity index (χ3v) is 7.24. The summed E-state index contributed by atoms with van der Waals surface area (Å²) >= 11 is 7.14. The van der Waals surface area contributed by atoms with Gasteiger partial charge < -0.3 is 0 Å². The minimum absolute atomic E-state index is 0.706. The highest BCUT2D eigenvalue weighted by atomic mass is 79.9. The molecule has 0 aliphatic rings. The molecule has 158 valence electrons. The Kier molecular flexibility index (Phi) is 5.99. The van der Waals surface area contributed by atoms with Crippen molar-refractivity contribution in [3.05, 3.63) is 76.4 Å². The van der Waals surface area contributed by atoms with E-state index in [-0.39, 0.29) is 0 Å². The molecular formula is C27H21Br2N3. The molecule has 5 heteroatoms. The Morgan fingerprint density at radius 1 is 0.875 bits per heavy atom. The lowest BCUT2D eigenvalue weighted by atomic mass is 9.88. The van der Waals surface area contributed by atoms with Crippen molar-refractivity contribution in [3.63, 3.8) is 0 Å². The van der Waals surface area contributed by atoms with Crippen LogP contribution in [0.25, 0.3) is 43.6 Å². The van der Waals surface area contributed by atoms with Gasteiger partial charge in [0.25, 0.3) is 0 Å². The van der Waals surface area contributed by atoms with Crippen LogP contribution in [0.5, 0.6) is 0 Å². The topological polar surface area (TPSA) is 52.5 Å². The van der Waals surface area contributed by atoms with Crippen LogP contribution in [-0.2, 0) is 6.42 Å². The normalized spacial score (nSPS) is 11.4. The number of aromatic amines is 1. The third kappa shape index (κ3) is 3.83. The van der Waals surface area contributed by atoms with Crippen LogP contribution in [0.3, 0.4) is 0 Å². The van der Waals surface area contributed by atoms with E-state index in [0.29, 0.717) is 5.56 Å². The molecule has 0 saturated carbocycles. The van der Waals surface area contributed by atoms with E-state index in [9.17, 15) is 5.26 Å². The van der Waals surface area contributed by atoms with E-state index in [1.807, 2.05) is 0 Å². The average molecular weight is 547 g/mol. The van der Waals surface area contributed by atoms with Crippen LogP contribution in [-0.4, -0.2) is 15.5 Å². The number of hydrogen-bond acceptors (Lipinski definition) is 2. The van der Waals surface area contributed by atoms with Crippen molar-refractivity contribution in [2.75, 3.05) is 5.33 Å². The van der Waals surface area contributed by atoms with Crippen LogP contribution in [0.1, 0.15) is 30.4 Å². The smallest absolute Gasteiger partial charge is 0.100 e. The molecule has 0 radical (unpaired) electrons. The van der Waals surface area contributed by atoms with Crippen molar-refractivity contribution in [2.24, 2.45) is 0 Å². The van der Waals surface area contributed by atoms with Gasteiger partial charge in [0, 0.05) is 16.3 Å². The number of aromatic nitrogens is 2. The van der Waals surface area contributed by atoms with Gasteiger partial charge >= 0.3 is 0 Å². The molecule has 0 bridgehead atoms. The Balaban J connectivity index is 1.78. The molecule has 5 aromatic rings. The molecular weight excluding hydrogens is 526 g/mol. The molecule has 0 aliphatic carbocycles. The number of halogens is 2. The summed E-state index contributed by atoms with van der Waals surface area (Å²) in [6, 6.07) is 22.0. The predicted octanol–water partition coefficient (Wildman–Crippen LogP) is 8.28. The summed E-state index contributed by atoms with van der Waals surface area (Å²) in [5.41, 5.74) is 3.73. The van der Waals surface area contributed by atoms with Crippen LogP contribution in [0.4, 0.5) is 0 Å². The van der Waals surface area contributed by atoms with Crippen molar-refractivity contribution in [3.8, 4) is 17.3 Å². The maximum Gasteiger partial charge on any atom is 0.100 e. The molecule has 0 aliphatic heterocycles. The van der Waals surface area contributed by atoms with Crippen molar-refractivity contribution < 1.29 is 0 Å². The molecule has 0 unspecified atom stereocenters. The first-order valence-electron chi connectivity index (χ1n) is 10.8. The number of nitrogens with one attached hydrogen (secondary N) is 1. The fourth-order valence-electron chi connectivity index (χ4n) is 4.53. The van der Waals surface area contributed by atoms with Crippen LogP contribution in [0.2, 0.25) is 0 Å². The Morgan fingerprint density at radius 2 is 1.59 bits per heavy atom. The van der Waals surface area contributed by atoms with Gasteiger partial charge in [-0.1, -0.05) is 52.7 Å². The molecule has 32 heavy (non-hydrogen) atoms. The second-order valence-corrected chi connectivity index (χ2v) is 9.76. The zero-order valence-corrected chi connectivity index (χ0v) is 20.6. The highest BCUT2D eigenvalue weighted by molar-refractivity contribution is 9.10. The van der Waals surface area contributed by atoms with Crippen LogP contribution in [0.15, 0.2) is 65.3 Å². The molecule has 0 atom stereocenters. The number of unbranched alkanes of at least 4 members (excludes halogenated alkanes) is 2. The summed E-state index contributed by atoms with van der Waals surface area (Å²) < 4.78 is 0.877. The van der Waals surface area contributed by atoms with Gasteiger partial charge in [-0.3, -0.25) is 5.10 Å². The van der Waals surface area contributed by atoms with Gasteiger partial charge in [0.1, 0.15) is 6.07 Å². The van der Waals surface area contributed by atoms with E-state index in [0.717, 1.165) is 62.9 Å². The molecule has 0 amide bonds. The highest BCUT2D eigenvalue weighted by Gasteiger charge is 2.19. The lowest BCUT2D eigenvalue weighted by molar-refractivity contribution is 0.725. The molecule has 0 saturated heterocycles. The standard InChI is InChI=1S/C27H21Br2N3/c28-9-5-1-2-8-19-12-22-13-20-10-17-6-3-4-7-18(17)11-21(20)14-23(22)24(15-30)26(19)27-25(29)16-31-32-27/h3-4,6-7,10-14,16H,1-2,5,8-9H2,(H,31,32). The lowest BCUT2D eigenvalue weighted by Crippen LogP contribution is -1.98. The Labute approximate surface area is 203 Å². The van der Waals surface area contributed by atoms with Crippen LogP contribution in [0, 0.1) is 11.3 Å². The third-order valence-electron chi connectivity index (χ3n) is 6.08. The molecule has 5 rings (SSSR count). The monoisotopic (exact) mass is 545 g/mol. The summed E-state index contributed by atoms with van der Waals surface area (Å²) in [5, 5.41) is 25.5. The zero-order chi connectivity index (χ0) is 22.1. The number of benzene rings is 4. The number of aryl methyl sites for hydroxylation is 1. The van der Waals surface area contributed by atoms with Crippen molar-refractivity contribution in [1.82, 2.24) is 10.2 Å². The fourth-order valence-corrected chi connectivity index (χ4v) is 5.32. The SMILES string of the molecule is N#Cc1c(-c2[nH]ncc2Br)c(CCCCCBr)cc2cc3cc4ccccc4cc3cc12. The fraction of sp³-hybridized carbons (Fsp3) is 0.185. The molecule has 1 aromatic heterocycles. The summed E-state index contributed by atoms with van der Waals surface area (Å²) in [7, 11) is 0. The van der Waals surface area contributed by atoms with Crippen molar-refractivity contribution >= 4 is 64.2 Å². The molecule has 1 heterocycles. The largest absolute Gasteiger partial charge is 0.277 e. The van der Waals surface area contributed by atoms with Crippen LogP contribution >= 0.6 is 31.9 Å². The van der Waals surface area contributed by atoms with Crippen LogP contribution < -0.4 is 0 Å². The van der Waals surface area contributed by atoms with Gasteiger partial charge in [0.05, 0.1) is 21.9 Å². The summed E-state index contributed by atoms with van der Waals surface area (Å²) in [4.78, 5) is 0. The molecule has 0 fully saturated rings. The lowest BCUT2D eigenvalue weighted by Gasteiger charge is -2.15. The first-order valence-corrected chi connectivity index (χ1v) is 12.7. The van der Waals surface area contributed by atoms with Crippen molar-refractivity contribution in [2.45, 2.75) is 25.7 Å². The number of fused-ring (bicyclic) bond motifs is 3. The number of rotatable bonds is 6. The summed E-state index contributed by atoms with van der Waals surface area (Å²) in [5.74, 6) is 0. The first-order chi connectivity index (χ1) is 15.7. The van der Waals surface area contributed by atoms with Gasteiger partial charge in [-0.2, -0.15) is 10.4 Å². The minimum atomic E-state index is 0.706. The summed E-state index contributed by atoms with van der Waals surface area (Å²) in [6.07, 6.45) is 6.06. The molecule has 1 N–H and O–H groups in total. The van der Waals surface area contributed by atoms with Gasteiger partial charge in [0.2, 0.25) is 0 Å². The van der Waals surface area contributed by atoms with Gasteiger partial charge in [-0.25, -0.2) is 0 Å². The molecule has 4 aromatic carbocycles. The summed E-state index contributed by atoms with van der Waals surface area (Å²) in [6.45, 7) is 0. The number of nitrogens with zero attached hydrogens (tertiary/aromatic N) is 2. The predicted molar refractivity (Wildman–Crippen MR) is 140 cm³/mol. The van der Waals surface area contributed by atoms with Gasteiger partial charge in [0.15, 0.2) is 0 Å². The van der Waals surface area contributed by atoms with Gasteiger partial charge in [-0.15, -0.1) is 0 Å². The minimum Gasteiger partial charge on any atom is -0.277 e. The van der Waals surface area contributed by atoms with E-state index in [1.54, 1.807) is 6.20 Å². The highest BCUT2D eigenvalue weighted by Crippen LogP contribution is 2.38. The van der Waals surface area contributed by atoms with E-state index >= 15 is 0 Å². The number of alkyl halides is 1. The van der Waals surface area contributed by atoms with E-state index in [1.165, 1.54) is 21.7 Å². The van der Waals surface area contributed by atoms with Gasteiger partial charge in [-0.05, 0) is 92.0 Å². The first kappa shape index (κ1) is 21.2. The Hall–Kier alpha value is -2.68. The van der Waals surface area contributed by atoms with E-state index in [4.69, 9.17) is 0 Å². The molecule has 0 spiro atoms. The van der Waals surface area contributed by atoms with Crippen molar-refractivity contribution in [1.29, 1.82) is 5.26 Å². The number of hydrogen-bond donors (Lipinski definition) is 1. The zero-order valence-electron chi connectivity index (χ0n) is 17.5. The molecule has 3 nitrogen and oxygen atoms in total. The maximum atomic E-state index is 10.3. The second-order valence-electron chi connectivity index (χ2n) is 8.11. The average Bonchev–Trinajstić information content (AvgIpc) is 3.23. The second kappa shape index (κ2) is 9.05. The number of H-pyrrole nitrogens is 1. The van der Waals surface area contributed by atoms with E-state index < -0.39 is 0 Å².